The molecule has 0 saturated carbocycles. The van der Waals surface area contributed by atoms with Crippen molar-refractivity contribution in [1.82, 2.24) is 5.32 Å². The molecule has 0 aliphatic carbocycles. The second-order valence-electron chi connectivity index (χ2n) is 3.89. The first-order chi connectivity index (χ1) is 8.02. The van der Waals surface area contributed by atoms with Crippen molar-refractivity contribution in [3.8, 4) is 0 Å². The predicted octanol–water partition coefficient (Wildman–Crippen LogP) is 2.42. The van der Waals surface area contributed by atoms with Crippen LogP contribution in [0, 0.1) is 0 Å². The van der Waals surface area contributed by atoms with Gasteiger partial charge in [0.1, 0.15) is 0 Å². The summed E-state index contributed by atoms with van der Waals surface area (Å²) >= 11 is 11.7. The van der Waals surface area contributed by atoms with E-state index in [0.29, 0.717) is 16.5 Å². The van der Waals surface area contributed by atoms with Gasteiger partial charge in [-0.15, -0.1) is 0 Å². The van der Waals surface area contributed by atoms with E-state index in [9.17, 15) is 4.79 Å². The number of carbonyl (C=O) groups is 1. The normalized spacial score (nSPS) is 12.2. The number of benzene rings is 1. The topological polar surface area (TPSA) is 49.3 Å². The fourth-order valence-corrected chi connectivity index (χ4v) is 1.91. The largest absolute Gasteiger partial charge is 0.396 e. The molecule has 1 aromatic carbocycles. The Balaban J connectivity index is 2.56. The zero-order chi connectivity index (χ0) is 12.8. The van der Waals surface area contributed by atoms with Crippen molar-refractivity contribution in [2.75, 3.05) is 6.61 Å². The third-order valence-corrected chi connectivity index (χ3v) is 2.92. The van der Waals surface area contributed by atoms with Gasteiger partial charge in [0.25, 0.3) is 0 Å². The maximum atomic E-state index is 11.7. The summed E-state index contributed by atoms with van der Waals surface area (Å²) in [6, 6.07) is 5.01. The molecule has 17 heavy (non-hydrogen) atoms. The molecule has 0 aromatic heterocycles. The van der Waals surface area contributed by atoms with Gasteiger partial charge in [-0.05, 0) is 31.0 Å². The summed E-state index contributed by atoms with van der Waals surface area (Å²) < 4.78 is 0. The van der Waals surface area contributed by atoms with Crippen molar-refractivity contribution < 1.29 is 9.90 Å². The summed E-state index contributed by atoms with van der Waals surface area (Å²) in [7, 11) is 0. The van der Waals surface area contributed by atoms with Crippen molar-refractivity contribution in [1.29, 1.82) is 0 Å². The molecule has 0 aliphatic heterocycles. The highest BCUT2D eigenvalue weighted by Crippen LogP contribution is 2.21. The number of nitrogens with one attached hydrogen (secondary N) is 1. The van der Waals surface area contributed by atoms with Gasteiger partial charge in [0, 0.05) is 22.7 Å². The summed E-state index contributed by atoms with van der Waals surface area (Å²) in [6.45, 7) is 1.90. The van der Waals surface area contributed by atoms with Gasteiger partial charge in [-0.2, -0.15) is 0 Å². The maximum Gasteiger partial charge on any atom is 0.224 e. The molecule has 1 aromatic rings. The molecule has 1 atom stereocenters. The summed E-state index contributed by atoms with van der Waals surface area (Å²) in [5.74, 6) is -0.116. The van der Waals surface area contributed by atoms with Crippen LogP contribution in [0.1, 0.15) is 18.9 Å². The SMILES string of the molecule is CC(CCO)NC(=O)Cc1ccc(Cl)cc1Cl. The monoisotopic (exact) mass is 275 g/mol. The first kappa shape index (κ1) is 14.3. The van der Waals surface area contributed by atoms with Crippen LogP contribution in [0.2, 0.25) is 10.0 Å². The summed E-state index contributed by atoms with van der Waals surface area (Å²) in [4.78, 5) is 11.7. The minimum absolute atomic E-state index is 0.0430. The van der Waals surface area contributed by atoms with Crippen molar-refractivity contribution in [3.63, 3.8) is 0 Å². The molecule has 0 bridgehead atoms. The van der Waals surface area contributed by atoms with E-state index in [1.807, 2.05) is 6.92 Å². The highest BCUT2D eigenvalue weighted by atomic mass is 35.5. The lowest BCUT2D eigenvalue weighted by atomic mass is 10.1. The van der Waals surface area contributed by atoms with Crippen LogP contribution in [0.15, 0.2) is 18.2 Å². The molecule has 1 unspecified atom stereocenters. The standard InChI is InChI=1S/C12H15Cl2NO2/c1-8(4-5-16)15-12(17)6-9-2-3-10(13)7-11(9)14/h2-3,7-8,16H,4-6H2,1H3,(H,15,17). The Morgan fingerprint density at radius 1 is 1.47 bits per heavy atom. The number of aliphatic hydroxyl groups is 1. The highest BCUT2D eigenvalue weighted by Gasteiger charge is 2.10. The van der Waals surface area contributed by atoms with Crippen LogP contribution in [-0.2, 0) is 11.2 Å². The average molecular weight is 276 g/mol. The summed E-state index contributed by atoms with van der Waals surface area (Å²) in [6.07, 6.45) is 0.756. The van der Waals surface area contributed by atoms with E-state index < -0.39 is 0 Å². The molecule has 94 valence electrons. The molecular formula is C12H15Cl2NO2. The Hall–Kier alpha value is -0.770. The van der Waals surface area contributed by atoms with Gasteiger partial charge in [0.05, 0.1) is 6.42 Å². The van der Waals surface area contributed by atoms with Crippen LogP contribution < -0.4 is 5.32 Å². The lowest BCUT2D eigenvalue weighted by Gasteiger charge is -2.12. The Morgan fingerprint density at radius 3 is 2.76 bits per heavy atom. The minimum Gasteiger partial charge on any atom is -0.396 e. The maximum absolute atomic E-state index is 11.7. The number of halogens is 2. The third kappa shape index (κ3) is 4.94. The van der Waals surface area contributed by atoms with Crippen LogP contribution in [0.4, 0.5) is 0 Å². The fourth-order valence-electron chi connectivity index (χ4n) is 1.43. The first-order valence-corrected chi connectivity index (χ1v) is 6.12. The Kier molecular flexibility index (Phi) is 5.75. The molecular weight excluding hydrogens is 261 g/mol. The van der Waals surface area contributed by atoms with Crippen LogP contribution in [-0.4, -0.2) is 23.7 Å². The Morgan fingerprint density at radius 2 is 2.18 bits per heavy atom. The molecule has 2 N–H and O–H groups in total. The molecule has 0 heterocycles. The third-order valence-electron chi connectivity index (χ3n) is 2.34. The molecule has 1 rings (SSSR count). The van der Waals surface area contributed by atoms with E-state index in [0.717, 1.165) is 5.56 Å². The first-order valence-electron chi connectivity index (χ1n) is 5.37. The predicted molar refractivity (Wildman–Crippen MR) is 69.5 cm³/mol. The van der Waals surface area contributed by atoms with E-state index in [1.54, 1.807) is 18.2 Å². The van der Waals surface area contributed by atoms with E-state index in [2.05, 4.69) is 5.32 Å². The van der Waals surface area contributed by atoms with Crippen molar-refractivity contribution >= 4 is 29.1 Å². The van der Waals surface area contributed by atoms with Crippen LogP contribution in [0.3, 0.4) is 0 Å². The summed E-state index contributed by atoms with van der Waals surface area (Å²) in [5, 5.41) is 12.5. The van der Waals surface area contributed by atoms with Gasteiger partial charge in [0.15, 0.2) is 0 Å². The number of aliphatic hydroxyl groups excluding tert-OH is 1. The molecule has 5 heteroatoms. The lowest BCUT2D eigenvalue weighted by Crippen LogP contribution is -2.34. The molecule has 0 spiro atoms. The lowest BCUT2D eigenvalue weighted by molar-refractivity contribution is -0.121. The smallest absolute Gasteiger partial charge is 0.224 e. The van der Waals surface area contributed by atoms with Crippen LogP contribution in [0.25, 0.3) is 0 Å². The van der Waals surface area contributed by atoms with E-state index in [4.69, 9.17) is 28.3 Å². The van der Waals surface area contributed by atoms with Crippen molar-refractivity contribution in [3.05, 3.63) is 33.8 Å². The second kappa shape index (κ2) is 6.84. The summed E-state index contributed by atoms with van der Waals surface area (Å²) in [5.41, 5.74) is 0.741. The number of carbonyl (C=O) groups excluding carboxylic acids is 1. The van der Waals surface area contributed by atoms with Crippen LogP contribution >= 0.6 is 23.2 Å². The average Bonchev–Trinajstić information content (AvgIpc) is 2.22. The highest BCUT2D eigenvalue weighted by molar-refractivity contribution is 6.35. The van der Waals surface area contributed by atoms with Gasteiger partial charge in [-0.25, -0.2) is 0 Å². The van der Waals surface area contributed by atoms with Crippen molar-refractivity contribution in [2.24, 2.45) is 0 Å². The number of amides is 1. The number of rotatable bonds is 5. The molecule has 0 radical (unpaired) electrons. The van der Waals surface area contributed by atoms with Gasteiger partial charge >= 0.3 is 0 Å². The molecule has 0 aliphatic rings. The molecule has 3 nitrogen and oxygen atoms in total. The van der Waals surface area contributed by atoms with Crippen LogP contribution in [0.5, 0.6) is 0 Å². The van der Waals surface area contributed by atoms with Gasteiger partial charge in [-0.1, -0.05) is 29.3 Å². The van der Waals surface area contributed by atoms with Crippen molar-refractivity contribution in [2.45, 2.75) is 25.8 Å². The molecule has 1 amide bonds. The van der Waals surface area contributed by atoms with Gasteiger partial charge in [-0.3, -0.25) is 4.79 Å². The Bertz CT molecular complexity index is 396. The fraction of sp³-hybridized carbons (Fsp3) is 0.417. The van der Waals surface area contributed by atoms with Gasteiger partial charge in [0.2, 0.25) is 5.91 Å². The quantitative estimate of drug-likeness (QED) is 0.867. The number of hydrogen-bond acceptors (Lipinski definition) is 2. The number of hydrogen-bond donors (Lipinski definition) is 2. The van der Waals surface area contributed by atoms with E-state index in [1.165, 1.54) is 0 Å². The van der Waals surface area contributed by atoms with E-state index in [-0.39, 0.29) is 25.0 Å². The zero-order valence-corrected chi connectivity index (χ0v) is 11.1. The second-order valence-corrected chi connectivity index (χ2v) is 4.74. The van der Waals surface area contributed by atoms with Gasteiger partial charge < -0.3 is 10.4 Å². The molecule has 0 saturated heterocycles. The molecule has 0 fully saturated rings. The minimum atomic E-state index is -0.116. The zero-order valence-electron chi connectivity index (χ0n) is 9.54. The van der Waals surface area contributed by atoms with E-state index >= 15 is 0 Å². The Labute approximate surface area is 111 Å².